The average Bonchev–Trinajstić information content (AvgIpc) is 3.94. The summed E-state index contributed by atoms with van der Waals surface area (Å²) in [4.78, 5) is 45.1. The fourth-order valence-corrected chi connectivity index (χ4v) is 10.3. The third kappa shape index (κ3) is 8.85. The smallest absolute Gasteiger partial charge is 0.350 e. The molecule has 12 heteroatoms. The molecular weight excluding hydrogens is 757 g/mol. The predicted octanol–water partition coefficient (Wildman–Crippen LogP) is 4.99. The van der Waals surface area contributed by atoms with E-state index in [9.17, 15) is 9.90 Å². The van der Waals surface area contributed by atoms with Crippen LogP contribution in [0.3, 0.4) is 0 Å². The largest absolute Gasteiger partial charge is 0.463 e. The molecule has 324 valence electrons. The van der Waals surface area contributed by atoms with Crippen molar-refractivity contribution in [3.8, 4) is 0 Å². The van der Waals surface area contributed by atoms with Gasteiger partial charge >= 0.3 is 5.97 Å². The van der Waals surface area contributed by atoms with E-state index in [1.807, 2.05) is 44.5 Å². The van der Waals surface area contributed by atoms with Gasteiger partial charge in [-0.1, -0.05) is 68.8 Å². The van der Waals surface area contributed by atoms with E-state index in [1.54, 1.807) is 6.07 Å². The highest BCUT2D eigenvalue weighted by Gasteiger charge is 2.85. The summed E-state index contributed by atoms with van der Waals surface area (Å²) in [5, 5.41) is 27.4. The van der Waals surface area contributed by atoms with Gasteiger partial charge in [-0.05, 0) is 124 Å². The molecule has 7 atom stereocenters. The second-order valence-corrected chi connectivity index (χ2v) is 18.5. The van der Waals surface area contributed by atoms with Gasteiger partial charge in [0.1, 0.15) is 5.82 Å². The number of aliphatic hydroxyl groups excluding tert-OH is 1. The summed E-state index contributed by atoms with van der Waals surface area (Å²) >= 11 is 0. The van der Waals surface area contributed by atoms with E-state index in [0.29, 0.717) is 61.9 Å². The van der Waals surface area contributed by atoms with Crippen molar-refractivity contribution >= 4 is 17.5 Å². The Bertz CT molecular complexity index is 2010. The van der Waals surface area contributed by atoms with Crippen molar-refractivity contribution in [2.75, 3.05) is 40.0 Å². The Labute approximate surface area is 355 Å². The molecule has 60 heavy (non-hydrogen) atoms. The number of benzene rings is 1. The Kier molecular flexibility index (Phi) is 13.4. The lowest BCUT2D eigenvalue weighted by Gasteiger charge is -2.42. The van der Waals surface area contributed by atoms with E-state index in [0.717, 1.165) is 54.8 Å². The Hall–Kier alpha value is -4.33. The summed E-state index contributed by atoms with van der Waals surface area (Å²) in [7, 11) is 1.88. The monoisotopic (exact) mass is 823 g/mol. The first-order valence-corrected chi connectivity index (χ1v) is 22.0. The first-order chi connectivity index (χ1) is 28.8. The number of ketones is 2. The molecule has 1 saturated carbocycles. The third-order valence-corrected chi connectivity index (χ3v) is 13.6. The number of aliphatic hydroxyl groups is 1. The number of hydrogen-bond donors (Lipinski definition) is 7. The zero-order chi connectivity index (χ0) is 42.7. The molecule has 3 heterocycles. The zero-order valence-corrected chi connectivity index (χ0v) is 36.1. The molecule has 0 aromatic heterocycles. The van der Waals surface area contributed by atoms with Crippen molar-refractivity contribution in [1.29, 1.82) is 0 Å². The Morgan fingerprint density at radius 3 is 2.72 bits per heavy atom. The van der Waals surface area contributed by atoms with Crippen LogP contribution in [-0.4, -0.2) is 86.1 Å². The summed E-state index contributed by atoms with van der Waals surface area (Å²) in [6.45, 7) is 10.2. The van der Waals surface area contributed by atoms with Crippen molar-refractivity contribution in [1.82, 2.24) is 26.6 Å². The van der Waals surface area contributed by atoms with Gasteiger partial charge in [0.2, 0.25) is 5.78 Å². The molecule has 0 bridgehead atoms. The van der Waals surface area contributed by atoms with Crippen LogP contribution >= 0.6 is 0 Å². The van der Waals surface area contributed by atoms with Gasteiger partial charge < -0.3 is 46.9 Å². The summed E-state index contributed by atoms with van der Waals surface area (Å²) < 4.78 is 12.7. The van der Waals surface area contributed by atoms with Crippen molar-refractivity contribution in [2.45, 2.75) is 109 Å². The summed E-state index contributed by atoms with van der Waals surface area (Å²) in [6, 6.07) is 5.51. The number of Topliss-reactive ketones (excluding diaryl/α,β-unsaturated/α-hetero) is 2. The van der Waals surface area contributed by atoms with Crippen molar-refractivity contribution in [3.05, 3.63) is 106 Å². The number of rotatable bonds is 18. The van der Waals surface area contributed by atoms with Gasteiger partial charge in [0, 0.05) is 42.3 Å². The number of carbonyl (C=O) groups is 3. The first-order valence-electron chi connectivity index (χ1n) is 22.0. The molecule has 12 nitrogen and oxygen atoms in total. The van der Waals surface area contributed by atoms with Crippen LogP contribution in [0.4, 0.5) is 0 Å². The lowest BCUT2D eigenvalue weighted by molar-refractivity contribution is -0.150. The quantitative estimate of drug-likeness (QED) is 0.0348. The summed E-state index contributed by atoms with van der Waals surface area (Å²) in [5.41, 5.74) is 6.53. The Morgan fingerprint density at radius 1 is 1.13 bits per heavy atom. The van der Waals surface area contributed by atoms with E-state index in [2.05, 4.69) is 71.7 Å². The van der Waals surface area contributed by atoms with Gasteiger partial charge in [-0.15, -0.1) is 0 Å². The van der Waals surface area contributed by atoms with Crippen LogP contribution in [0, 0.1) is 23.2 Å². The molecule has 2 fully saturated rings. The number of ether oxygens (including phenoxy) is 2. The number of dihydropyridines is 2. The van der Waals surface area contributed by atoms with Gasteiger partial charge in [-0.3, -0.25) is 9.59 Å². The second-order valence-electron chi connectivity index (χ2n) is 18.5. The number of hydrogen-bond acceptors (Lipinski definition) is 12. The highest BCUT2D eigenvalue weighted by molar-refractivity contribution is 6.33. The predicted molar refractivity (Wildman–Crippen MR) is 233 cm³/mol. The van der Waals surface area contributed by atoms with Crippen LogP contribution in [0.15, 0.2) is 89.0 Å². The van der Waals surface area contributed by atoms with E-state index in [4.69, 9.17) is 15.2 Å². The highest BCUT2D eigenvalue weighted by Crippen LogP contribution is 2.60. The number of nitrogens with one attached hydrogen (secondary N) is 5. The summed E-state index contributed by atoms with van der Waals surface area (Å²) in [6.07, 6.45) is 20.9. The Morgan fingerprint density at radius 2 is 1.97 bits per heavy atom. The average molecular weight is 823 g/mol. The van der Waals surface area contributed by atoms with Crippen molar-refractivity contribution in [3.63, 3.8) is 0 Å². The minimum absolute atomic E-state index is 0.0545. The van der Waals surface area contributed by atoms with E-state index in [-0.39, 0.29) is 54.3 Å². The normalized spacial score (nSPS) is 29.7. The molecule has 7 unspecified atom stereocenters. The first kappa shape index (κ1) is 43.7. The van der Waals surface area contributed by atoms with Crippen LogP contribution in [-0.2, 0) is 20.7 Å². The zero-order valence-electron chi connectivity index (χ0n) is 36.1. The van der Waals surface area contributed by atoms with Crippen molar-refractivity contribution < 1.29 is 29.0 Å². The number of esters is 1. The molecule has 0 radical (unpaired) electrons. The van der Waals surface area contributed by atoms with Gasteiger partial charge in [0.15, 0.2) is 11.4 Å². The van der Waals surface area contributed by atoms with Crippen molar-refractivity contribution in [2.24, 2.45) is 28.9 Å². The lowest BCUT2D eigenvalue weighted by atomic mass is 9.68. The van der Waals surface area contributed by atoms with Gasteiger partial charge in [0.05, 0.1) is 26.0 Å². The molecule has 3 aliphatic carbocycles. The van der Waals surface area contributed by atoms with Crippen LogP contribution in [0.25, 0.3) is 0 Å². The number of epoxide rings is 1. The van der Waals surface area contributed by atoms with Crippen LogP contribution in [0.5, 0.6) is 0 Å². The molecule has 7 rings (SSSR count). The fraction of sp³-hybridized carbons (Fsp3) is 0.562. The fourth-order valence-electron chi connectivity index (χ4n) is 10.3. The summed E-state index contributed by atoms with van der Waals surface area (Å²) in [5.74, 6) is 0.212. The van der Waals surface area contributed by atoms with E-state index in [1.165, 1.54) is 0 Å². The van der Waals surface area contributed by atoms with Gasteiger partial charge in [-0.2, -0.15) is 0 Å². The topological polar surface area (TPSA) is 179 Å². The minimum atomic E-state index is -2.15. The standard InChI is InChI=1S/C48H66N6O6/c1-6-51-39-22-34-11-8-7-10-33(34)21-36(39)28-59-45(58)48-44(57)42-35(24-46(3,4)23-32-16-17-40(49)53-26-32)12-9-13-38(42)43(56)47(48,60-48)25-37(27-55)30(2)14-15-31-18-19-52-41(20-31)54-29-50-5/h8-9,11-13,16-18,20,26,33-34,36,39-40,50-55H,6-7,10,14-15,19,21-25,27-29,49H2,1-5H3. The molecule has 1 saturated heterocycles. The SMILES string of the molecule is CCNC1CC2C=CCCC2CC1COC(=O)C12OC1(CC(CO)=C(C)CCC1=CCNC(NCNC)=C1)C(=O)c1cccc(CC(C)(C)CC3=CNC(N)C=C3)c1C2=O. The molecule has 1 aromatic rings. The molecule has 6 aliphatic rings. The lowest BCUT2D eigenvalue weighted by Crippen LogP contribution is -2.52. The molecule has 0 amide bonds. The number of fused-ring (bicyclic) bond motifs is 3. The van der Waals surface area contributed by atoms with E-state index >= 15 is 9.59 Å². The van der Waals surface area contributed by atoms with Gasteiger partial charge in [-0.25, -0.2) is 4.79 Å². The number of carbonyl (C=O) groups excluding carboxylic acids is 3. The molecule has 0 spiro atoms. The molecular formula is C48H66N6O6. The maximum Gasteiger partial charge on any atom is 0.350 e. The van der Waals surface area contributed by atoms with Crippen LogP contribution < -0.4 is 32.3 Å². The second kappa shape index (κ2) is 18.3. The maximum atomic E-state index is 15.2. The number of nitrogens with two attached hydrogens (primary N) is 1. The Balaban J connectivity index is 1.18. The number of allylic oxidation sites excluding steroid dienone is 7. The maximum absolute atomic E-state index is 15.2. The van der Waals surface area contributed by atoms with Crippen LogP contribution in [0.1, 0.15) is 105 Å². The molecule has 8 N–H and O–H groups in total. The minimum Gasteiger partial charge on any atom is -0.463 e. The third-order valence-electron chi connectivity index (χ3n) is 13.6. The van der Waals surface area contributed by atoms with Crippen LogP contribution in [0.2, 0.25) is 0 Å². The highest BCUT2D eigenvalue weighted by atomic mass is 16.7. The van der Waals surface area contributed by atoms with E-state index < -0.39 is 28.7 Å². The molecule has 3 aliphatic heterocycles. The molecule has 1 aromatic carbocycles. The van der Waals surface area contributed by atoms with Gasteiger partial charge in [0.25, 0.3) is 5.60 Å².